The molecule has 1 unspecified atom stereocenters. The van der Waals surface area contributed by atoms with Crippen LogP contribution in [0.1, 0.15) is 12.8 Å². The second-order valence-electron chi connectivity index (χ2n) is 3.50. The van der Waals surface area contributed by atoms with Crippen molar-refractivity contribution in [1.82, 2.24) is 15.5 Å². The van der Waals surface area contributed by atoms with Crippen LogP contribution >= 0.6 is 0 Å². The summed E-state index contributed by atoms with van der Waals surface area (Å²) in [5.41, 5.74) is 0. The first kappa shape index (κ1) is 9.21. The fourth-order valence-corrected chi connectivity index (χ4v) is 1.64. The van der Waals surface area contributed by atoms with Crippen LogP contribution in [-0.4, -0.2) is 29.2 Å². The number of hydrogen-bond donors (Lipinski definition) is 3. The zero-order valence-corrected chi connectivity index (χ0v) is 7.92. The average Bonchev–Trinajstić information content (AvgIpc) is 2.72. The van der Waals surface area contributed by atoms with Crippen LogP contribution in [0.25, 0.3) is 0 Å². The predicted octanol–water partition coefficient (Wildman–Crippen LogP) is 0.348. The molecule has 0 aromatic carbocycles. The van der Waals surface area contributed by atoms with E-state index in [-0.39, 0.29) is 11.8 Å². The van der Waals surface area contributed by atoms with E-state index in [9.17, 15) is 4.79 Å². The minimum absolute atomic E-state index is 0.0708. The molecule has 1 aliphatic heterocycles. The SMILES string of the molecule is O=C(Nc1ccn[nH]1)C1CCCNC1. The van der Waals surface area contributed by atoms with Gasteiger partial charge >= 0.3 is 0 Å². The van der Waals surface area contributed by atoms with Crippen LogP contribution in [0, 0.1) is 5.92 Å². The highest BCUT2D eigenvalue weighted by Crippen LogP contribution is 2.12. The van der Waals surface area contributed by atoms with Crippen molar-refractivity contribution < 1.29 is 4.79 Å². The zero-order valence-electron chi connectivity index (χ0n) is 7.92. The summed E-state index contributed by atoms with van der Waals surface area (Å²) in [5.74, 6) is 0.828. The molecule has 2 heterocycles. The van der Waals surface area contributed by atoms with Crippen molar-refractivity contribution in [3.8, 4) is 0 Å². The maximum absolute atomic E-state index is 11.7. The van der Waals surface area contributed by atoms with E-state index in [0.29, 0.717) is 5.82 Å². The first-order valence-electron chi connectivity index (χ1n) is 4.87. The van der Waals surface area contributed by atoms with Gasteiger partial charge in [0.05, 0.1) is 12.1 Å². The highest BCUT2D eigenvalue weighted by atomic mass is 16.2. The van der Waals surface area contributed by atoms with Gasteiger partial charge in [-0.15, -0.1) is 0 Å². The lowest BCUT2D eigenvalue weighted by atomic mass is 9.99. The Balaban J connectivity index is 1.88. The van der Waals surface area contributed by atoms with Crippen molar-refractivity contribution in [3.05, 3.63) is 12.3 Å². The van der Waals surface area contributed by atoms with Gasteiger partial charge in [0, 0.05) is 12.6 Å². The Morgan fingerprint density at radius 1 is 1.64 bits per heavy atom. The van der Waals surface area contributed by atoms with Crippen LogP contribution in [0.3, 0.4) is 0 Å². The highest BCUT2D eigenvalue weighted by molar-refractivity contribution is 5.91. The number of nitrogens with one attached hydrogen (secondary N) is 3. The van der Waals surface area contributed by atoms with Crippen molar-refractivity contribution in [3.63, 3.8) is 0 Å². The van der Waals surface area contributed by atoms with Gasteiger partial charge < -0.3 is 10.6 Å². The van der Waals surface area contributed by atoms with Gasteiger partial charge in [-0.3, -0.25) is 9.89 Å². The third-order valence-electron chi connectivity index (χ3n) is 2.43. The molecule has 1 fully saturated rings. The van der Waals surface area contributed by atoms with Crippen LogP contribution in [-0.2, 0) is 4.79 Å². The number of rotatable bonds is 2. The Labute approximate surface area is 82.3 Å². The average molecular weight is 194 g/mol. The van der Waals surface area contributed by atoms with Crippen LogP contribution < -0.4 is 10.6 Å². The number of carbonyl (C=O) groups is 1. The van der Waals surface area contributed by atoms with E-state index in [1.54, 1.807) is 12.3 Å². The molecular weight excluding hydrogens is 180 g/mol. The van der Waals surface area contributed by atoms with Crippen molar-refractivity contribution in [2.24, 2.45) is 5.92 Å². The Morgan fingerprint density at radius 3 is 3.21 bits per heavy atom. The fraction of sp³-hybridized carbons (Fsp3) is 0.556. The first-order chi connectivity index (χ1) is 6.86. The largest absolute Gasteiger partial charge is 0.316 e. The van der Waals surface area contributed by atoms with Gasteiger partial charge in [0.15, 0.2) is 0 Å². The number of aromatic nitrogens is 2. The monoisotopic (exact) mass is 194 g/mol. The molecule has 5 nitrogen and oxygen atoms in total. The molecule has 0 bridgehead atoms. The molecule has 5 heteroatoms. The van der Waals surface area contributed by atoms with E-state index in [1.807, 2.05) is 0 Å². The third-order valence-corrected chi connectivity index (χ3v) is 2.43. The summed E-state index contributed by atoms with van der Waals surface area (Å²) >= 11 is 0. The molecule has 14 heavy (non-hydrogen) atoms. The Kier molecular flexibility index (Phi) is 2.78. The summed E-state index contributed by atoms with van der Waals surface area (Å²) in [6.07, 6.45) is 3.66. The van der Waals surface area contributed by atoms with Gasteiger partial charge in [0.2, 0.25) is 5.91 Å². The van der Waals surface area contributed by atoms with Crippen LogP contribution in [0.15, 0.2) is 12.3 Å². The van der Waals surface area contributed by atoms with Gasteiger partial charge in [-0.1, -0.05) is 0 Å². The van der Waals surface area contributed by atoms with Crippen molar-refractivity contribution in [2.75, 3.05) is 18.4 Å². The molecular formula is C9H14N4O. The lowest BCUT2D eigenvalue weighted by Gasteiger charge is -2.21. The zero-order chi connectivity index (χ0) is 9.80. The van der Waals surface area contributed by atoms with Gasteiger partial charge in [-0.2, -0.15) is 5.10 Å². The smallest absolute Gasteiger partial charge is 0.229 e. The van der Waals surface area contributed by atoms with Gasteiger partial charge in [0.1, 0.15) is 5.82 Å². The fourth-order valence-electron chi connectivity index (χ4n) is 1.64. The van der Waals surface area contributed by atoms with Crippen LogP contribution in [0.2, 0.25) is 0 Å². The number of anilines is 1. The van der Waals surface area contributed by atoms with Crippen molar-refractivity contribution in [1.29, 1.82) is 0 Å². The molecule has 0 saturated carbocycles. The Bertz CT molecular complexity index is 290. The number of carbonyl (C=O) groups excluding carboxylic acids is 1. The minimum atomic E-state index is 0.0708. The quantitative estimate of drug-likeness (QED) is 0.636. The maximum atomic E-state index is 11.7. The predicted molar refractivity (Wildman–Crippen MR) is 52.8 cm³/mol. The summed E-state index contributed by atoms with van der Waals surface area (Å²) in [6.45, 7) is 1.80. The lowest BCUT2D eigenvalue weighted by molar-refractivity contribution is -0.120. The molecule has 0 radical (unpaired) electrons. The number of hydrogen-bond acceptors (Lipinski definition) is 3. The standard InChI is InChI=1S/C9H14N4O/c14-9(7-2-1-4-10-6-7)12-8-3-5-11-13-8/h3,5,7,10H,1-2,4,6H2,(H2,11,12,13,14). The second kappa shape index (κ2) is 4.23. The van der Waals surface area contributed by atoms with Crippen LogP contribution in [0.5, 0.6) is 0 Å². The Morgan fingerprint density at radius 2 is 2.57 bits per heavy atom. The number of nitrogens with zero attached hydrogens (tertiary/aromatic N) is 1. The van der Waals surface area contributed by atoms with Crippen molar-refractivity contribution >= 4 is 11.7 Å². The van der Waals surface area contributed by atoms with E-state index >= 15 is 0 Å². The molecule has 1 saturated heterocycles. The van der Waals surface area contributed by atoms with Gasteiger partial charge in [-0.25, -0.2) is 0 Å². The summed E-state index contributed by atoms with van der Waals surface area (Å²) in [4.78, 5) is 11.7. The second-order valence-corrected chi connectivity index (χ2v) is 3.50. The number of aromatic amines is 1. The molecule has 3 N–H and O–H groups in total. The van der Waals surface area contributed by atoms with E-state index in [2.05, 4.69) is 20.8 Å². The molecule has 1 atom stereocenters. The summed E-state index contributed by atoms with van der Waals surface area (Å²) in [6, 6.07) is 1.74. The molecule has 1 aromatic rings. The van der Waals surface area contributed by atoms with E-state index in [0.717, 1.165) is 25.9 Å². The third kappa shape index (κ3) is 2.11. The summed E-state index contributed by atoms with van der Waals surface area (Å²) in [7, 11) is 0. The van der Waals surface area contributed by atoms with Crippen LogP contribution in [0.4, 0.5) is 5.82 Å². The number of amides is 1. The molecule has 2 rings (SSSR count). The van der Waals surface area contributed by atoms with Crippen molar-refractivity contribution in [2.45, 2.75) is 12.8 Å². The molecule has 0 aliphatic carbocycles. The van der Waals surface area contributed by atoms with E-state index < -0.39 is 0 Å². The molecule has 1 amide bonds. The lowest BCUT2D eigenvalue weighted by Crippen LogP contribution is -2.37. The number of piperidine rings is 1. The molecule has 76 valence electrons. The minimum Gasteiger partial charge on any atom is -0.316 e. The van der Waals surface area contributed by atoms with E-state index in [4.69, 9.17) is 0 Å². The molecule has 1 aliphatic rings. The Hall–Kier alpha value is -1.36. The summed E-state index contributed by atoms with van der Waals surface area (Å²) < 4.78 is 0. The maximum Gasteiger partial charge on any atom is 0.229 e. The highest BCUT2D eigenvalue weighted by Gasteiger charge is 2.20. The molecule has 1 aromatic heterocycles. The van der Waals surface area contributed by atoms with Gasteiger partial charge in [-0.05, 0) is 19.4 Å². The molecule has 0 spiro atoms. The first-order valence-corrected chi connectivity index (χ1v) is 4.87. The topological polar surface area (TPSA) is 69.8 Å². The normalized spacial score (nSPS) is 21.9. The van der Waals surface area contributed by atoms with E-state index in [1.165, 1.54) is 0 Å². The summed E-state index contributed by atoms with van der Waals surface area (Å²) in [5, 5.41) is 12.5. The van der Waals surface area contributed by atoms with Gasteiger partial charge in [0.25, 0.3) is 0 Å². The number of H-pyrrole nitrogens is 1.